The molecule has 3 nitrogen and oxygen atoms in total. The number of allylic oxidation sites excluding steroid dienone is 1. The second-order valence-corrected chi connectivity index (χ2v) is 4.73. The quantitative estimate of drug-likeness (QED) is 0.801. The Morgan fingerprint density at radius 1 is 1.44 bits per heavy atom. The van der Waals surface area contributed by atoms with Crippen LogP contribution in [0.1, 0.15) is 41.6 Å². The maximum atomic E-state index is 11.9. The van der Waals surface area contributed by atoms with Gasteiger partial charge in [0.05, 0.1) is 5.56 Å². The van der Waals surface area contributed by atoms with Gasteiger partial charge in [0, 0.05) is 6.54 Å². The predicted octanol–water partition coefficient (Wildman–Crippen LogP) is 2.93. The number of hydrogen-bond donors (Lipinski definition) is 2. The van der Waals surface area contributed by atoms with Crippen molar-refractivity contribution in [1.82, 2.24) is 5.32 Å². The minimum absolute atomic E-state index is 0.0788. The number of benzene rings is 1. The lowest BCUT2D eigenvalue weighted by Crippen LogP contribution is -2.24. The molecule has 0 saturated heterocycles. The SMILES string of the molecule is Cc1cccc(C(=O)NCCC2=CCCC2)c1O. The molecular weight excluding hydrogens is 226 g/mol. The second-order valence-electron chi connectivity index (χ2n) is 4.73. The van der Waals surface area contributed by atoms with Crippen molar-refractivity contribution in [3.05, 3.63) is 41.0 Å². The van der Waals surface area contributed by atoms with Crippen molar-refractivity contribution < 1.29 is 9.90 Å². The number of carbonyl (C=O) groups excluding carboxylic acids is 1. The van der Waals surface area contributed by atoms with Gasteiger partial charge in [0.2, 0.25) is 0 Å². The average molecular weight is 245 g/mol. The number of para-hydroxylation sites is 1. The summed E-state index contributed by atoms with van der Waals surface area (Å²) in [6.45, 7) is 2.42. The Kier molecular flexibility index (Phi) is 4.03. The molecule has 1 aliphatic carbocycles. The molecule has 1 amide bonds. The third kappa shape index (κ3) is 2.92. The van der Waals surface area contributed by atoms with Gasteiger partial charge in [-0.1, -0.05) is 23.8 Å². The zero-order valence-electron chi connectivity index (χ0n) is 10.7. The molecule has 2 N–H and O–H groups in total. The van der Waals surface area contributed by atoms with Crippen molar-refractivity contribution in [3.63, 3.8) is 0 Å². The summed E-state index contributed by atoms with van der Waals surface area (Å²) < 4.78 is 0. The number of aromatic hydroxyl groups is 1. The first kappa shape index (κ1) is 12.7. The van der Waals surface area contributed by atoms with E-state index >= 15 is 0 Å². The van der Waals surface area contributed by atoms with Gasteiger partial charge >= 0.3 is 0 Å². The number of rotatable bonds is 4. The fraction of sp³-hybridized carbons (Fsp3) is 0.400. The largest absolute Gasteiger partial charge is 0.507 e. The number of hydrogen-bond acceptors (Lipinski definition) is 2. The number of amides is 1. The fourth-order valence-corrected chi connectivity index (χ4v) is 2.24. The highest BCUT2D eigenvalue weighted by Crippen LogP contribution is 2.22. The summed E-state index contributed by atoms with van der Waals surface area (Å²) >= 11 is 0. The lowest BCUT2D eigenvalue weighted by atomic mass is 10.1. The summed E-state index contributed by atoms with van der Waals surface area (Å²) in [5.74, 6) is -0.120. The molecule has 1 aromatic rings. The zero-order chi connectivity index (χ0) is 13.0. The molecule has 0 heterocycles. The fourth-order valence-electron chi connectivity index (χ4n) is 2.24. The van der Waals surface area contributed by atoms with Crippen molar-refractivity contribution in [3.8, 4) is 5.75 Å². The van der Waals surface area contributed by atoms with Gasteiger partial charge in [0.15, 0.2) is 0 Å². The summed E-state index contributed by atoms with van der Waals surface area (Å²) in [5, 5.41) is 12.7. The standard InChI is InChI=1S/C15H19NO2/c1-11-5-4-8-13(14(11)17)15(18)16-10-9-12-6-2-3-7-12/h4-6,8,17H,2-3,7,9-10H2,1H3,(H,16,18). The molecule has 0 atom stereocenters. The Morgan fingerprint density at radius 2 is 2.28 bits per heavy atom. The van der Waals surface area contributed by atoms with Gasteiger partial charge in [-0.15, -0.1) is 0 Å². The van der Waals surface area contributed by atoms with Crippen LogP contribution in [0.15, 0.2) is 29.8 Å². The maximum absolute atomic E-state index is 11.9. The van der Waals surface area contributed by atoms with Crippen LogP contribution in [0, 0.1) is 6.92 Å². The highest BCUT2D eigenvalue weighted by Gasteiger charge is 2.12. The van der Waals surface area contributed by atoms with Crippen molar-refractivity contribution in [1.29, 1.82) is 0 Å². The van der Waals surface area contributed by atoms with E-state index in [2.05, 4.69) is 11.4 Å². The smallest absolute Gasteiger partial charge is 0.255 e. The summed E-state index contributed by atoms with van der Waals surface area (Å²) in [5.41, 5.74) is 2.51. The van der Waals surface area contributed by atoms with Crippen LogP contribution in [0.2, 0.25) is 0 Å². The summed E-state index contributed by atoms with van der Waals surface area (Å²) in [4.78, 5) is 11.9. The lowest BCUT2D eigenvalue weighted by Gasteiger charge is -2.08. The molecule has 0 aromatic heterocycles. The van der Waals surface area contributed by atoms with Gasteiger partial charge in [0.1, 0.15) is 5.75 Å². The van der Waals surface area contributed by atoms with Crippen LogP contribution in [0.3, 0.4) is 0 Å². The van der Waals surface area contributed by atoms with Crippen LogP contribution in [-0.2, 0) is 0 Å². The van der Waals surface area contributed by atoms with Crippen molar-refractivity contribution in [2.24, 2.45) is 0 Å². The van der Waals surface area contributed by atoms with Gasteiger partial charge < -0.3 is 10.4 Å². The van der Waals surface area contributed by atoms with E-state index in [9.17, 15) is 9.90 Å². The zero-order valence-corrected chi connectivity index (χ0v) is 10.7. The van der Waals surface area contributed by atoms with Gasteiger partial charge in [-0.2, -0.15) is 0 Å². The molecular formula is C15H19NO2. The molecule has 0 spiro atoms. The molecule has 18 heavy (non-hydrogen) atoms. The van der Waals surface area contributed by atoms with Crippen LogP contribution < -0.4 is 5.32 Å². The van der Waals surface area contributed by atoms with Crippen molar-refractivity contribution in [2.45, 2.75) is 32.6 Å². The lowest BCUT2D eigenvalue weighted by molar-refractivity contribution is 0.0951. The Hall–Kier alpha value is -1.77. The van der Waals surface area contributed by atoms with Crippen LogP contribution in [0.5, 0.6) is 5.75 Å². The van der Waals surface area contributed by atoms with Gasteiger partial charge in [-0.3, -0.25) is 4.79 Å². The minimum atomic E-state index is -0.199. The van der Waals surface area contributed by atoms with E-state index < -0.39 is 0 Å². The first-order valence-electron chi connectivity index (χ1n) is 6.43. The molecule has 2 rings (SSSR count). The first-order valence-corrected chi connectivity index (χ1v) is 6.43. The van der Waals surface area contributed by atoms with Crippen LogP contribution in [0.25, 0.3) is 0 Å². The number of aryl methyl sites for hydroxylation is 1. The molecule has 0 bridgehead atoms. The van der Waals surface area contributed by atoms with Crippen LogP contribution >= 0.6 is 0 Å². The summed E-state index contributed by atoms with van der Waals surface area (Å²) in [6, 6.07) is 5.21. The average Bonchev–Trinajstić information content (AvgIpc) is 2.85. The number of carbonyl (C=O) groups is 1. The van der Waals surface area contributed by atoms with Crippen LogP contribution in [0.4, 0.5) is 0 Å². The van der Waals surface area contributed by atoms with E-state index in [0.29, 0.717) is 12.1 Å². The van der Waals surface area contributed by atoms with E-state index in [1.807, 2.05) is 0 Å². The first-order chi connectivity index (χ1) is 8.68. The number of nitrogens with one attached hydrogen (secondary N) is 1. The molecule has 0 fully saturated rings. The molecule has 0 radical (unpaired) electrons. The van der Waals surface area contributed by atoms with Gasteiger partial charge in [0.25, 0.3) is 5.91 Å². The second kappa shape index (κ2) is 5.71. The van der Waals surface area contributed by atoms with E-state index in [1.165, 1.54) is 18.4 Å². The Balaban J connectivity index is 1.89. The Bertz CT molecular complexity index is 477. The predicted molar refractivity (Wildman–Crippen MR) is 71.7 cm³/mol. The normalized spacial score (nSPS) is 14.4. The molecule has 0 aliphatic heterocycles. The third-order valence-corrected chi connectivity index (χ3v) is 3.35. The minimum Gasteiger partial charge on any atom is -0.507 e. The molecule has 1 aromatic carbocycles. The summed E-state index contributed by atoms with van der Waals surface area (Å²) in [6.07, 6.45) is 6.74. The van der Waals surface area contributed by atoms with Gasteiger partial charge in [-0.05, 0) is 44.2 Å². The van der Waals surface area contributed by atoms with Crippen molar-refractivity contribution >= 4 is 5.91 Å². The summed E-state index contributed by atoms with van der Waals surface area (Å²) in [7, 11) is 0. The molecule has 96 valence electrons. The Morgan fingerprint density at radius 3 is 3.00 bits per heavy atom. The van der Waals surface area contributed by atoms with E-state index in [0.717, 1.165) is 18.4 Å². The van der Waals surface area contributed by atoms with E-state index in [1.54, 1.807) is 25.1 Å². The molecule has 0 unspecified atom stereocenters. The van der Waals surface area contributed by atoms with Crippen LogP contribution in [-0.4, -0.2) is 17.6 Å². The molecule has 3 heteroatoms. The number of phenols is 1. The third-order valence-electron chi connectivity index (χ3n) is 3.35. The Labute approximate surface area is 108 Å². The molecule has 1 aliphatic rings. The number of phenolic OH excluding ortho intramolecular Hbond substituents is 1. The highest BCUT2D eigenvalue weighted by atomic mass is 16.3. The maximum Gasteiger partial charge on any atom is 0.255 e. The van der Waals surface area contributed by atoms with E-state index in [-0.39, 0.29) is 11.7 Å². The van der Waals surface area contributed by atoms with Crippen molar-refractivity contribution in [2.75, 3.05) is 6.54 Å². The molecule has 0 saturated carbocycles. The van der Waals surface area contributed by atoms with E-state index in [4.69, 9.17) is 0 Å². The monoisotopic (exact) mass is 245 g/mol. The van der Waals surface area contributed by atoms with Gasteiger partial charge in [-0.25, -0.2) is 0 Å². The topological polar surface area (TPSA) is 49.3 Å². The highest BCUT2D eigenvalue weighted by molar-refractivity contribution is 5.97.